The molecule has 0 saturated carbocycles. The van der Waals surface area contributed by atoms with Crippen molar-refractivity contribution in [2.75, 3.05) is 26.9 Å². The van der Waals surface area contributed by atoms with E-state index in [0.29, 0.717) is 31.1 Å². The Labute approximate surface area is 147 Å². The molecule has 2 aliphatic heterocycles. The lowest BCUT2D eigenvalue weighted by molar-refractivity contribution is 0.0673. The SMILES string of the molecule is COc1ccccc1C(=O)N1CCc2cc3c(cc2C1C)OCCO3. The first-order valence-electron chi connectivity index (χ1n) is 8.55. The zero-order valence-corrected chi connectivity index (χ0v) is 14.5. The third-order valence-corrected chi connectivity index (χ3v) is 4.94. The second kappa shape index (κ2) is 6.31. The van der Waals surface area contributed by atoms with Crippen LogP contribution in [0.1, 0.15) is 34.5 Å². The zero-order chi connectivity index (χ0) is 17.4. The third kappa shape index (κ3) is 2.69. The van der Waals surface area contributed by atoms with E-state index in [1.165, 1.54) is 5.56 Å². The molecule has 25 heavy (non-hydrogen) atoms. The van der Waals surface area contributed by atoms with Gasteiger partial charge < -0.3 is 19.1 Å². The number of amides is 1. The molecule has 0 N–H and O–H groups in total. The molecule has 4 rings (SSSR count). The number of para-hydroxylation sites is 1. The highest BCUT2D eigenvalue weighted by molar-refractivity contribution is 5.97. The maximum absolute atomic E-state index is 13.1. The lowest BCUT2D eigenvalue weighted by Crippen LogP contribution is -2.39. The molecule has 0 aromatic heterocycles. The summed E-state index contributed by atoms with van der Waals surface area (Å²) in [4.78, 5) is 15.0. The second-order valence-electron chi connectivity index (χ2n) is 6.32. The molecule has 0 aliphatic carbocycles. The summed E-state index contributed by atoms with van der Waals surface area (Å²) >= 11 is 0. The summed E-state index contributed by atoms with van der Waals surface area (Å²) in [5.74, 6) is 2.17. The summed E-state index contributed by atoms with van der Waals surface area (Å²) in [6.45, 7) is 3.87. The molecule has 2 aromatic rings. The van der Waals surface area contributed by atoms with Gasteiger partial charge in [0.2, 0.25) is 0 Å². The number of fused-ring (bicyclic) bond motifs is 2. The van der Waals surface area contributed by atoms with E-state index in [9.17, 15) is 4.79 Å². The van der Waals surface area contributed by atoms with E-state index in [4.69, 9.17) is 14.2 Å². The van der Waals surface area contributed by atoms with Crippen molar-refractivity contribution in [3.8, 4) is 17.2 Å². The molecule has 0 radical (unpaired) electrons. The van der Waals surface area contributed by atoms with Crippen LogP contribution in [0.2, 0.25) is 0 Å². The van der Waals surface area contributed by atoms with Gasteiger partial charge in [-0.25, -0.2) is 0 Å². The number of hydrogen-bond acceptors (Lipinski definition) is 4. The summed E-state index contributed by atoms with van der Waals surface area (Å²) < 4.78 is 16.7. The summed E-state index contributed by atoms with van der Waals surface area (Å²) in [5, 5.41) is 0. The third-order valence-electron chi connectivity index (χ3n) is 4.94. The quantitative estimate of drug-likeness (QED) is 0.843. The van der Waals surface area contributed by atoms with Crippen LogP contribution in [-0.2, 0) is 6.42 Å². The first kappa shape index (κ1) is 15.8. The molecule has 5 nitrogen and oxygen atoms in total. The Morgan fingerprint density at radius 2 is 1.88 bits per heavy atom. The van der Waals surface area contributed by atoms with Crippen LogP contribution in [0, 0.1) is 0 Å². The standard InChI is InChI=1S/C20H21NO4/c1-13-16-12-19-18(24-9-10-25-19)11-14(16)7-8-21(13)20(22)15-5-3-4-6-17(15)23-2/h3-6,11-13H,7-10H2,1-2H3. The van der Waals surface area contributed by atoms with Crippen LogP contribution in [-0.4, -0.2) is 37.7 Å². The molecule has 0 saturated heterocycles. The average Bonchev–Trinajstić information content (AvgIpc) is 2.66. The minimum atomic E-state index is -0.0306. The highest BCUT2D eigenvalue weighted by Crippen LogP contribution is 2.40. The number of nitrogens with zero attached hydrogens (tertiary/aromatic N) is 1. The average molecular weight is 339 g/mol. The molecular weight excluding hydrogens is 318 g/mol. The minimum Gasteiger partial charge on any atom is -0.496 e. The Morgan fingerprint density at radius 1 is 1.16 bits per heavy atom. The Morgan fingerprint density at radius 3 is 2.64 bits per heavy atom. The first-order chi connectivity index (χ1) is 12.2. The largest absolute Gasteiger partial charge is 0.496 e. The Balaban J connectivity index is 1.67. The molecule has 0 spiro atoms. The summed E-state index contributed by atoms with van der Waals surface area (Å²) in [5.41, 5.74) is 2.94. The van der Waals surface area contributed by atoms with Gasteiger partial charge in [-0.05, 0) is 48.7 Å². The highest BCUT2D eigenvalue weighted by Gasteiger charge is 2.31. The van der Waals surface area contributed by atoms with E-state index in [1.807, 2.05) is 35.2 Å². The molecule has 130 valence electrons. The van der Waals surface area contributed by atoms with Crippen molar-refractivity contribution in [2.45, 2.75) is 19.4 Å². The van der Waals surface area contributed by atoms with Crippen molar-refractivity contribution in [3.63, 3.8) is 0 Å². The van der Waals surface area contributed by atoms with Crippen molar-refractivity contribution in [2.24, 2.45) is 0 Å². The van der Waals surface area contributed by atoms with Crippen molar-refractivity contribution in [1.82, 2.24) is 4.90 Å². The van der Waals surface area contributed by atoms with E-state index in [0.717, 1.165) is 23.5 Å². The van der Waals surface area contributed by atoms with Crippen LogP contribution in [0.4, 0.5) is 0 Å². The number of carbonyl (C=O) groups is 1. The molecule has 2 aliphatic rings. The Bertz CT molecular complexity index is 817. The van der Waals surface area contributed by atoms with E-state index in [-0.39, 0.29) is 11.9 Å². The van der Waals surface area contributed by atoms with E-state index >= 15 is 0 Å². The molecule has 0 fully saturated rings. The predicted molar refractivity (Wildman–Crippen MR) is 93.6 cm³/mol. The van der Waals surface area contributed by atoms with Crippen molar-refractivity contribution in [1.29, 1.82) is 0 Å². The molecule has 1 unspecified atom stereocenters. The van der Waals surface area contributed by atoms with Gasteiger partial charge in [0.25, 0.3) is 5.91 Å². The van der Waals surface area contributed by atoms with E-state index < -0.39 is 0 Å². The molecule has 1 atom stereocenters. The Kier molecular flexibility index (Phi) is 3.99. The van der Waals surface area contributed by atoms with Gasteiger partial charge in [0.15, 0.2) is 11.5 Å². The Hall–Kier alpha value is -2.69. The summed E-state index contributed by atoms with van der Waals surface area (Å²) in [6, 6.07) is 11.4. The lowest BCUT2D eigenvalue weighted by atomic mass is 9.92. The monoisotopic (exact) mass is 339 g/mol. The van der Waals surface area contributed by atoms with Gasteiger partial charge in [-0.3, -0.25) is 4.79 Å². The number of hydrogen-bond donors (Lipinski definition) is 0. The molecule has 2 heterocycles. The number of rotatable bonds is 2. The second-order valence-corrected chi connectivity index (χ2v) is 6.32. The van der Waals surface area contributed by atoms with Crippen LogP contribution >= 0.6 is 0 Å². The number of benzene rings is 2. The van der Waals surface area contributed by atoms with Crippen LogP contribution in [0.25, 0.3) is 0 Å². The van der Waals surface area contributed by atoms with Gasteiger partial charge in [0.05, 0.1) is 18.7 Å². The fourth-order valence-corrected chi connectivity index (χ4v) is 3.61. The lowest BCUT2D eigenvalue weighted by Gasteiger charge is -2.36. The topological polar surface area (TPSA) is 48.0 Å². The summed E-state index contributed by atoms with van der Waals surface area (Å²) in [7, 11) is 1.59. The molecule has 5 heteroatoms. The first-order valence-corrected chi connectivity index (χ1v) is 8.55. The van der Waals surface area contributed by atoms with Gasteiger partial charge in [-0.15, -0.1) is 0 Å². The molecule has 2 aromatic carbocycles. The molecular formula is C20H21NO4. The van der Waals surface area contributed by atoms with Crippen molar-refractivity contribution >= 4 is 5.91 Å². The maximum Gasteiger partial charge on any atom is 0.258 e. The smallest absolute Gasteiger partial charge is 0.258 e. The predicted octanol–water partition coefficient (Wildman–Crippen LogP) is 3.23. The van der Waals surface area contributed by atoms with Crippen molar-refractivity contribution in [3.05, 3.63) is 53.1 Å². The fourth-order valence-electron chi connectivity index (χ4n) is 3.61. The van der Waals surface area contributed by atoms with Gasteiger partial charge >= 0.3 is 0 Å². The normalized spacial score (nSPS) is 18.5. The maximum atomic E-state index is 13.1. The zero-order valence-electron chi connectivity index (χ0n) is 14.5. The van der Waals surface area contributed by atoms with Crippen molar-refractivity contribution < 1.29 is 19.0 Å². The van der Waals surface area contributed by atoms with Crippen LogP contribution in [0.5, 0.6) is 17.2 Å². The fraction of sp³-hybridized carbons (Fsp3) is 0.350. The van der Waals surface area contributed by atoms with Crippen LogP contribution < -0.4 is 14.2 Å². The van der Waals surface area contributed by atoms with Gasteiger partial charge in [-0.2, -0.15) is 0 Å². The number of carbonyl (C=O) groups excluding carboxylic acids is 1. The van der Waals surface area contributed by atoms with Gasteiger partial charge in [0.1, 0.15) is 19.0 Å². The minimum absolute atomic E-state index is 0.00881. The van der Waals surface area contributed by atoms with Gasteiger partial charge in [0, 0.05) is 6.54 Å². The van der Waals surface area contributed by atoms with Crippen LogP contribution in [0.3, 0.4) is 0 Å². The molecule has 0 bridgehead atoms. The van der Waals surface area contributed by atoms with E-state index in [1.54, 1.807) is 7.11 Å². The van der Waals surface area contributed by atoms with Crippen LogP contribution in [0.15, 0.2) is 36.4 Å². The van der Waals surface area contributed by atoms with Gasteiger partial charge in [-0.1, -0.05) is 12.1 Å². The number of ether oxygens (including phenoxy) is 3. The summed E-state index contributed by atoms with van der Waals surface area (Å²) in [6.07, 6.45) is 0.803. The number of methoxy groups -OCH3 is 1. The molecule has 1 amide bonds. The highest BCUT2D eigenvalue weighted by atomic mass is 16.6. The van der Waals surface area contributed by atoms with E-state index in [2.05, 4.69) is 13.0 Å².